The van der Waals surface area contributed by atoms with E-state index in [4.69, 9.17) is 5.11 Å². The molecule has 0 aromatic heterocycles. The smallest absolute Gasteiger partial charge is 0.374 e. The molecule has 1 atom stereocenters. The second-order valence-corrected chi connectivity index (χ2v) is 1.55. The first kappa shape index (κ1) is 8.10. The molecule has 0 amide bonds. The van der Waals surface area contributed by atoms with E-state index >= 15 is 0 Å². The van der Waals surface area contributed by atoms with Crippen LogP contribution in [0, 0.1) is 0 Å². The lowest BCUT2D eigenvalue weighted by atomic mass is 10.3. The van der Waals surface area contributed by atoms with Gasteiger partial charge in [0.25, 0.3) is 5.78 Å². The lowest BCUT2D eigenvalue weighted by molar-refractivity contribution is -0.153. The Bertz CT molecular complexity index is 129. The van der Waals surface area contributed by atoms with Gasteiger partial charge in [0.2, 0.25) is 0 Å². The number of Topliss-reactive ketones (excluding diaryl/α,β-unsaturated/α-hetero) is 1. The summed E-state index contributed by atoms with van der Waals surface area (Å²) < 4.78 is 4.44. The van der Waals surface area contributed by atoms with Gasteiger partial charge in [-0.1, -0.05) is 0 Å². The summed E-state index contributed by atoms with van der Waals surface area (Å²) in [7, 11) is 1.28. The number of methoxy groups -OCH3 is 1. The topological polar surface area (TPSA) is 63.6 Å². The van der Waals surface area contributed by atoms with Gasteiger partial charge in [0, 0.05) is 7.11 Å². The zero-order valence-electron chi connectivity index (χ0n) is 5.25. The average Bonchev–Trinajstić information content (AvgIpc) is 1.84. The van der Waals surface area contributed by atoms with Crippen molar-refractivity contribution in [3.8, 4) is 0 Å². The Morgan fingerprint density at radius 1 is 1.56 bits per heavy atom. The van der Waals surface area contributed by atoms with Gasteiger partial charge in [-0.2, -0.15) is 0 Å². The van der Waals surface area contributed by atoms with Gasteiger partial charge in [-0.25, -0.2) is 4.79 Å². The predicted octanol–water partition coefficient (Wildman–Crippen LogP) is -0.325. The van der Waals surface area contributed by atoms with Crippen LogP contribution >= 0.6 is 0 Å². The Morgan fingerprint density at radius 3 is 2.11 bits per heavy atom. The van der Waals surface area contributed by atoms with E-state index in [1.807, 2.05) is 0 Å². The Morgan fingerprint density at radius 2 is 2.00 bits per heavy atom. The van der Waals surface area contributed by atoms with Gasteiger partial charge < -0.3 is 9.84 Å². The van der Waals surface area contributed by atoms with Gasteiger partial charge in [0.15, 0.2) is 0 Å². The highest BCUT2D eigenvalue weighted by Gasteiger charge is 2.18. The van der Waals surface area contributed by atoms with E-state index in [2.05, 4.69) is 4.74 Å². The molecule has 0 bridgehead atoms. The van der Waals surface area contributed by atoms with E-state index in [-0.39, 0.29) is 0 Å². The number of carbonyl (C=O) groups excluding carboxylic acids is 1. The Balaban J connectivity index is 3.88. The maximum Gasteiger partial charge on any atom is 0.374 e. The van der Waals surface area contributed by atoms with Gasteiger partial charge in [0.1, 0.15) is 6.10 Å². The van der Waals surface area contributed by atoms with E-state index in [0.29, 0.717) is 0 Å². The summed E-state index contributed by atoms with van der Waals surface area (Å²) in [5.74, 6) is -2.37. The molecule has 0 heterocycles. The minimum atomic E-state index is -1.45. The molecular formula is C5H8O4. The summed E-state index contributed by atoms with van der Waals surface area (Å²) in [6.45, 7) is 1.39. The number of carboxylic acid groups (broad SMARTS) is 1. The van der Waals surface area contributed by atoms with Crippen molar-refractivity contribution >= 4 is 11.8 Å². The molecule has 0 aromatic carbocycles. The maximum atomic E-state index is 10.3. The van der Waals surface area contributed by atoms with Gasteiger partial charge in [0.05, 0.1) is 0 Å². The van der Waals surface area contributed by atoms with Crippen LogP contribution in [-0.4, -0.2) is 30.1 Å². The van der Waals surface area contributed by atoms with Gasteiger partial charge >= 0.3 is 5.97 Å². The number of carbonyl (C=O) groups is 2. The number of rotatable bonds is 3. The summed E-state index contributed by atoms with van der Waals surface area (Å²) in [4.78, 5) is 20.2. The van der Waals surface area contributed by atoms with E-state index in [1.54, 1.807) is 0 Å². The van der Waals surface area contributed by atoms with Crippen LogP contribution in [0.4, 0.5) is 0 Å². The minimum absolute atomic E-state index is 0.845. The lowest BCUT2D eigenvalue weighted by Gasteiger charge is -2.01. The fourth-order valence-corrected chi connectivity index (χ4v) is 0.281. The fraction of sp³-hybridized carbons (Fsp3) is 0.600. The summed E-state index contributed by atoms with van der Waals surface area (Å²) in [6, 6.07) is 0. The molecule has 4 nitrogen and oxygen atoms in total. The van der Waals surface area contributed by atoms with Crippen LogP contribution in [0.3, 0.4) is 0 Å². The molecule has 0 aliphatic rings. The van der Waals surface area contributed by atoms with Gasteiger partial charge in [-0.3, -0.25) is 4.79 Å². The fourth-order valence-electron chi connectivity index (χ4n) is 0.281. The highest BCUT2D eigenvalue weighted by molar-refractivity contribution is 6.34. The Hall–Kier alpha value is -0.900. The first-order valence-electron chi connectivity index (χ1n) is 2.39. The standard InChI is InChI=1S/C5H8O4/c1-3(9-2)4(6)5(7)8/h3H,1-2H3,(H,7,8)/t3-/m0/s1. The van der Waals surface area contributed by atoms with Gasteiger partial charge in [-0.05, 0) is 6.92 Å². The Labute approximate surface area is 52.4 Å². The molecule has 0 rings (SSSR count). The molecule has 0 aromatic rings. The normalized spacial score (nSPS) is 12.7. The van der Waals surface area contributed by atoms with Crippen molar-refractivity contribution in [1.82, 2.24) is 0 Å². The summed E-state index contributed by atoms with van der Waals surface area (Å²) >= 11 is 0. The minimum Gasteiger partial charge on any atom is -0.475 e. The monoisotopic (exact) mass is 132 g/mol. The number of hydrogen-bond acceptors (Lipinski definition) is 3. The molecule has 0 radical (unpaired) electrons. The van der Waals surface area contributed by atoms with Crippen molar-refractivity contribution in [1.29, 1.82) is 0 Å². The third kappa shape index (κ3) is 2.23. The summed E-state index contributed by atoms with van der Waals surface area (Å²) in [6.07, 6.45) is -0.845. The van der Waals surface area contributed by atoms with E-state index in [0.717, 1.165) is 0 Å². The number of ether oxygens (including phenoxy) is 1. The van der Waals surface area contributed by atoms with E-state index in [1.165, 1.54) is 14.0 Å². The second kappa shape index (κ2) is 3.19. The third-order valence-corrected chi connectivity index (χ3v) is 0.934. The SMILES string of the molecule is CO[C@@H](C)C(=O)C(=O)O. The zero-order valence-corrected chi connectivity index (χ0v) is 5.25. The molecule has 0 saturated carbocycles. The van der Waals surface area contributed by atoms with Crippen molar-refractivity contribution in [2.75, 3.05) is 7.11 Å². The molecular weight excluding hydrogens is 124 g/mol. The number of hydrogen-bond donors (Lipinski definition) is 1. The van der Waals surface area contributed by atoms with Crippen molar-refractivity contribution in [2.24, 2.45) is 0 Å². The highest BCUT2D eigenvalue weighted by atomic mass is 16.5. The molecule has 0 spiro atoms. The van der Waals surface area contributed by atoms with Crippen molar-refractivity contribution in [3.63, 3.8) is 0 Å². The predicted molar refractivity (Wildman–Crippen MR) is 29.1 cm³/mol. The van der Waals surface area contributed by atoms with Crippen LogP contribution in [0.5, 0.6) is 0 Å². The molecule has 0 saturated heterocycles. The van der Waals surface area contributed by atoms with Crippen LogP contribution in [0.25, 0.3) is 0 Å². The third-order valence-electron chi connectivity index (χ3n) is 0.934. The molecule has 1 N–H and O–H groups in total. The van der Waals surface area contributed by atoms with Crippen LogP contribution in [-0.2, 0) is 14.3 Å². The number of aliphatic carboxylic acids is 1. The number of carboxylic acids is 1. The Kier molecular flexibility index (Phi) is 2.87. The lowest BCUT2D eigenvalue weighted by Crippen LogP contribution is -2.26. The highest BCUT2D eigenvalue weighted by Crippen LogP contribution is 1.88. The zero-order chi connectivity index (χ0) is 7.44. The van der Waals surface area contributed by atoms with Crippen LogP contribution in [0.15, 0.2) is 0 Å². The molecule has 0 aliphatic carbocycles. The maximum absolute atomic E-state index is 10.3. The largest absolute Gasteiger partial charge is 0.475 e. The van der Waals surface area contributed by atoms with Crippen molar-refractivity contribution < 1.29 is 19.4 Å². The van der Waals surface area contributed by atoms with Crippen LogP contribution in [0.2, 0.25) is 0 Å². The van der Waals surface area contributed by atoms with Crippen LogP contribution in [0.1, 0.15) is 6.92 Å². The molecule has 52 valence electrons. The van der Waals surface area contributed by atoms with Crippen molar-refractivity contribution in [2.45, 2.75) is 13.0 Å². The molecule has 9 heavy (non-hydrogen) atoms. The quantitative estimate of drug-likeness (QED) is 0.534. The molecule has 0 aliphatic heterocycles. The first-order valence-corrected chi connectivity index (χ1v) is 2.39. The van der Waals surface area contributed by atoms with Crippen molar-refractivity contribution in [3.05, 3.63) is 0 Å². The summed E-state index contributed by atoms with van der Waals surface area (Å²) in [5.41, 5.74) is 0. The molecule has 4 heteroatoms. The number of ketones is 1. The average molecular weight is 132 g/mol. The van der Waals surface area contributed by atoms with Crippen LogP contribution < -0.4 is 0 Å². The molecule has 0 unspecified atom stereocenters. The van der Waals surface area contributed by atoms with E-state index in [9.17, 15) is 9.59 Å². The summed E-state index contributed by atoms with van der Waals surface area (Å²) in [5, 5.41) is 8.05. The van der Waals surface area contributed by atoms with Gasteiger partial charge in [-0.15, -0.1) is 0 Å². The molecule has 0 fully saturated rings. The first-order chi connectivity index (χ1) is 4.09. The van der Waals surface area contributed by atoms with E-state index < -0.39 is 17.9 Å². The second-order valence-electron chi connectivity index (χ2n) is 1.55.